The summed E-state index contributed by atoms with van der Waals surface area (Å²) in [5.41, 5.74) is 1.77. The van der Waals surface area contributed by atoms with E-state index in [1.165, 1.54) is 37.9 Å². The Morgan fingerprint density at radius 3 is 3.00 bits per heavy atom. The summed E-state index contributed by atoms with van der Waals surface area (Å²) in [4.78, 5) is 2.59. The van der Waals surface area contributed by atoms with E-state index >= 15 is 0 Å². The predicted molar refractivity (Wildman–Crippen MR) is 74.5 cm³/mol. The molecule has 1 saturated heterocycles. The second kappa shape index (κ2) is 6.39. The number of nitrogens with zero attached hydrogens (tertiary/aromatic N) is 1. The van der Waals surface area contributed by atoms with Crippen molar-refractivity contribution >= 4 is 0 Å². The van der Waals surface area contributed by atoms with Crippen LogP contribution in [0.15, 0.2) is 23.0 Å². The molecule has 0 aromatic carbocycles. The second-order valence-electron chi connectivity index (χ2n) is 6.17. The minimum atomic E-state index is 0.541. The van der Waals surface area contributed by atoms with Crippen LogP contribution in [0.25, 0.3) is 0 Å². The molecule has 0 amide bonds. The van der Waals surface area contributed by atoms with Crippen LogP contribution in [0.3, 0.4) is 0 Å². The maximum atomic E-state index is 5.05. The standard InChI is InChI=1S/C15H26N2O/c1-15(2)5-3-8-17(9-6-15)10-7-16-12-14-4-11-18-13-14/h4,11,13,16H,3,5-10,12H2,1-2H3. The number of hydrogen-bond acceptors (Lipinski definition) is 3. The smallest absolute Gasteiger partial charge is 0.0947 e. The van der Waals surface area contributed by atoms with Crippen LogP contribution >= 0.6 is 0 Å². The molecule has 0 unspecified atom stereocenters. The molecule has 18 heavy (non-hydrogen) atoms. The molecule has 2 rings (SSSR count). The third-order valence-corrected chi connectivity index (χ3v) is 3.95. The normalized spacial score (nSPS) is 20.8. The Balaban J connectivity index is 1.61. The minimum Gasteiger partial charge on any atom is -0.472 e. The van der Waals surface area contributed by atoms with E-state index in [4.69, 9.17) is 4.42 Å². The van der Waals surface area contributed by atoms with Gasteiger partial charge in [0.05, 0.1) is 12.5 Å². The quantitative estimate of drug-likeness (QED) is 0.815. The van der Waals surface area contributed by atoms with Crippen molar-refractivity contribution in [3.05, 3.63) is 24.2 Å². The molecule has 3 heteroatoms. The van der Waals surface area contributed by atoms with Crippen molar-refractivity contribution in [3.63, 3.8) is 0 Å². The molecule has 0 saturated carbocycles. The average molecular weight is 250 g/mol. The number of furan rings is 1. The van der Waals surface area contributed by atoms with Crippen molar-refractivity contribution in [2.45, 2.75) is 39.7 Å². The van der Waals surface area contributed by atoms with Crippen LogP contribution in [0.2, 0.25) is 0 Å². The topological polar surface area (TPSA) is 28.4 Å². The number of rotatable bonds is 5. The molecular formula is C15H26N2O. The summed E-state index contributed by atoms with van der Waals surface area (Å²) >= 11 is 0. The van der Waals surface area contributed by atoms with Crippen LogP contribution in [0.5, 0.6) is 0 Å². The molecule has 1 aliphatic heterocycles. The van der Waals surface area contributed by atoms with Crippen molar-refractivity contribution < 1.29 is 4.42 Å². The van der Waals surface area contributed by atoms with Gasteiger partial charge >= 0.3 is 0 Å². The van der Waals surface area contributed by atoms with E-state index in [-0.39, 0.29) is 0 Å². The highest BCUT2D eigenvalue weighted by Gasteiger charge is 2.22. The first-order chi connectivity index (χ1) is 8.66. The third-order valence-electron chi connectivity index (χ3n) is 3.95. The molecule has 1 aliphatic rings. The lowest BCUT2D eigenvalue weighted by atomic mass is 9.85. The fraction of sp³-hybridized carbons (Fsp3) is 0.733. The number of hydrogen-bond donors (Lipinski definition) is 1. The molecule has 0 bridgehead atoms. The first-order valence-corrected chi connectivity index (χ1v) is 7.10. The monoisotopic (exact) mass is 250 g/mol. The Kier molecular flexibility index (Phi) is 4.84. The van der Waals surface area contributed by atoms with E-state index in [0.717, 1.165) is 19.6 Å². The minimum absolute atomic E-state index is 0.541. The molecule has 0 radical (unpaired) electrons. The second-order valence-corrected chi connectivity index (χ2v) is 6.17. The van der Waals surface area contributed by atoms with Crippen molar-refractivity contribution in [2.75, 3.05) is 26.2 Å². The first kappa shape index (κ1) is 13.6. The third kappa shape index (κ3) is 4.46. The van der Waals surface area contributed by atoms with Gasteiger partial charge in [-0.2, -0.15) is 0 Å². The zero-order chi connectivity index (χ0) is 12.8. The molecule has 0 spiro atoms. The van der Waals surface area contributed by atoms with E-state index < -0.39 is 0 Å². The highest BCUT2D eigenvalue weighted by molar-refractivity contribution is 5.04. The van der Waals surface area contributed by atoms with E-state index in [1.807, 2.05) is 6.07 Å². The molecular weight excluding hydrogens is 224 g/mol. The van der Waals surface area contributed by atoms with Crippen LogP contribution in [-0.4, -0.2) is 31.1 Å². The maximum absolute atomic E-state index is 5.05. The van der Waals surface area contributed by atoms with E-state index in [2.05, 4.69) is 24.1 Å². The summed E-state index contributed by atoms with van der Waals surface area (Å²) < 4.78 is 5.05. The summed E-state index contributed by atoms with van der Waals surface area (Å²) in [5, 5.41) is 3.47. The van der Waals surface area contributed by atoms with Crippen LogP contribution in [0, 0.1) is 5.41 Å². The van der Waals surface area contributed by atoms with Gasteiger partial charge < -0.3 is 14.6 Å². The fourth-order valence-electron chi connectivity index (χ4n) is 2.57. The lowest BCUT2D eigenvalue weighted by molar-refractivity contribution is 0.262. The number of likely N-dealkylation sites (tertiary alicyclic amines) is 1. The zero-order valence-corrected chi connectivity index (χ0v) is 11.7. The summed E-state index contributed by atoms with van der Waals surface area (Å²) in [6.45, 7) is 10.4. The van der Waals surface area contributed by atoms with Gasteiger partial charge in [0, 0.05) is 25.2 Å². The van der Waals surface area contributed by atoms with E-state index in [1.54, 1.807) is 12.5 Å². The van der Waals surface area contributed by atoms with Crippen molar-refractivity contribution in [1.29, 1.82) is 0 Å². The van der Waals surface area contributed by atoms with Gasteiger partial charge in [-0.3, -0.25) is 0 Å². The molecule has 3 nitrogen and oxygen atoms in total. The van der Waals surface area contributed by atoms with Crippen molar-refractivity contribution in [3.8, 4) is 0 Å². The van der Waals surface area contributed by atoms with Crippen LogP contribution < -0.4 is 5.32 Å². The van der Waals surface area contributed by atoms with Crippen LogP contribution in [0.1, 0.15) is 38.7 Å². The molecule has 102 valence electrons. The summed E-state index contributed by atoms with van der Waals surface area (Å²) in [6.07, 6.45) is 7.57. The zero-order valence-electron chi connectivity index (χ0n) is 11.7. The highest BCUT2D eigenvalue weighted by atomic mass is 16.3. The van der Waals surface area contributed by atoms with Crippen molar-refractivity contribution in [1.82, 2.24) is 10.2 Å². The Bertz CT molecular complexity index is 332. The lowest BCUT2D eigenvalue weighted by Crippen LogP contribution is -2.33. The van der Waals surface area contributed by atoms with Gasteiger partial charge in [0.15, 0.2) is 0 Å². The Hall–Kier alpha value is -0.800. The molecule has 1 fully saturated rings. The van der Waals surface area contributed by atoms with Gasteiger partial charge in [-0.05, 0) is 43.8 Å². The molecule has 0 aliphatic carbocycles. The van der Waals surface area contributed by atoms with Gasteiger partial charge in [-0.25, -0.2) is 0 Å². The van der Waals surface area contributed by atoms with Crippen LogP contribution in [-0.2, 0) is 6.54 Å². The Morgan fingerprint density at radius 1 is 1.33 bits per heavy atom. The van der Waals surface area contributed by atoms with Gasteiger partial charge in [0.1, 0.15) is 0 Å². The van der Waals surface area contributed by atoms with E-state index in [9.17, 15) is 0 Å². The maximum Gasteiger partial charge on any atom is 0.0947 e. The average Bonchev–Trinajstić information content (AvgIpc) is 2.77. The molecule has 1 aromatic rings. The Labute approximate surface area is 111 Å². The summed E-state index contributed by atoms with van der Waals surface area (Å²) in [7, 11) is 0. The fourth-order valence-corrected chi connectivity index (χ4v) is 2.57. The molecule has 1 aromatic heterocycles. The highest BCUT2D eigenvalue weighted by Crippen LogP contribution is 2.29. The lowest BCUT2D eigenvalue weighted by Gasteiger charge is -2.23. The van der Waals surface area contributed by atoms with Gasteiger partial charge in [-0.15, -0.1) is 0 Å². The van der Waals surface area contributed by atoms with Gasteiger partial charge in [-0.1, -0.05) is 13.8 Å². The van der Waals surface area contributed by atoms with Crippen molar-refractivity contribution in [2.24, 2.45) is 5.41 Å². The van der Waals surface area contributed by atoms with E-state index in [0.29, 0.717) is 5.41 Å². The van der Waals surface area contributed by atoms with Gasteiger partial charge in [0.2, 0.25) is 0 Å². The largest absolute Gasteiger partial charge is 0.472 e. The molecule has 0 atom stereocenters. The first-order valence-electron chi connectivity index (χ1n) is 7.10. The predicted octanol–water partition coefficient (Wildman–Crippen LogP) is 2.88. The molecule has 2 heterocycles. The number of nitrogens with one attached hydrogen (secondary N) is 1. The summed E-state index contributed by atoms with van der Waals surface area (Å²) in [6, 6.07) is 2.02. The SMILES string of the molecule is CC1(C)CCCN(CCNCc2ccoc2)CC1. The Morgan fingerprint density at radius 2 is 2.22 bits per heavy atom. The summed E-state index contributed by atoms with van der Waals surface area (Å²) in [5.74, 6) is 0. The van der Waals surface area contributed by atoms with Gasteiger partial charge in [0.25, 0.3) is 0 Å². The van der Waals surface area contributed by atoms with Crippen LogP contribution in [0.4, 0.5) is 0 Å². The molecule has 1 N–H and O–H groups in total.